The van der Waals surface area contributed by atoms with Crippen LogP contribution >= 0.6 is 0 Å². The molecule has 0 aliphatic carbocycles. The minimum atomic E-state index is -0.298. The van der Waals surface area contributed by atoms with Crippen molar-refractivity contribution in [3.8, 4) is 11.1 Å². The molecule has 5 heteroatoms. The summed E-state index contributed by atoms with van der Waals surface area (Å²) in [5.74, 6) is -0.0414. The highest BCUT2D eigenvalue weighted by Crippen LogP contribution is 2.30. The largest absolute Gasteiger partial charge is 0.348 e. The SMILES string of the molecule is Cc1cccc(NC(=O)Nc2ccc(-c3cccc4c3C(=O)NC4)cc2)c1. The minimum absolute atomic E-state index is 0.0414. The summed E-state index contributed by atoms with van der Waals surface area (Å²) in [6.45, 7) is 2.54. The second-order valence-electron chi connectivity index (χ2n) is 6.55. The van der Waals surface area contributed by atoms with Gasteiger partial charge in [0.25, 0.3) is 5.91 Å². The molecule has 27 heavy (non-hydrogen) atoms. The van der Waals surface area contributed by atoms with Crippen LogP contribution in [0, 0.1) is 6.92 Å². The van der Waals surface area contributed by atoms with Crippen molar-refractivity contribution in [3.63, 3.8) is 0 Å². The normalized spacial score (nSPS) is 12.3. The van der Waals surface area contributed by atoms with Crippen LogP contribution in [0.3, 0.4) is 0 Å². The maximum absolute atomic E-state index is 12.2. The number of carbonyl (C=O) groups excluding carboxylic acids is 2. The third-order valence-electron chi connectivity index (χ3n) is 4.55. The number of urea groups is 1. The molecule has 4 rings (SSSR count). The van der Waals surface area contributed by atoms with E-state index in [0.717, 1.165) is 33.5 Å². The van der Waals surface area contributed by atoms with E-state index < -0.39 is 0 Å². The van der Waals surface area contributed by atoms with E-state index in [1.54, 1.807) is 0 Å². The molecule has 3 amide bonds. The van der Waals surface area contributed by atoms with Crippen molar-refractivity contribution in [1.82, 2.24) is 5.32 Å². The Morgan fingerprint density at radius 3 is 2.44 bits per heavy atom. The van der Waals surface area contributed by atoms with Gasteiger partial charge in [0.05, 0.1) is 5.56 Å². The summed E-state index contributed by atoms with van der Waals surface area (Å²) in [5.41, 5.74) is 6.09. The number of anilines is 2. The van der Waals surface area contributed by atoms with Crippen LogP contribution < -0.4 is 16.0 Å². The van der Waals surface area contributed by atoms with Crippen molar-refractivity contribution >= 4 is 23.3 Å². The van der Waals surface area contributed by atoms with Gasteiger partial charge in [0, 0.05) is 17.9 Å². The molecule has 5 nitrogen and oxygen atoms in total. The summed E-state index contributed by atoms with van der Waals surface area (Å²) in [6, 6.07) is 20.7. The molecule has 3 aromatic carbocycles. The summed E-state index contributed by atoms with van der Waals surface area (Å²) in [4.78, 5) is 24.3. The van der Waals surface area contributed by atoms with Gasteiger partial charge in [0.1, 0.15) is 0 Å². The smallest absolute Gasteiger partial charge is 0.323 e. The van der Waals surface area contributed by atoms with E-state index in [2.05, 4.69) is 16.0 Å². The fraction of sp³-hybridized carbons (Fsp3) is 0.0909. The van der Waals surface area contributed by atoms with E-state index in [-0.39, 0.29) is 11.9 Å². The van der Waals surface area contributed by atoms with E-state index in [1.165, 1.54) is 0 Å². The van der Waals surface area contributed by atoms with Gasteiger partial charge in [0.2, 0.25) is 0 Å². The first-order chi connectivity index (χ1) is 13.1. The summed E-state index contributed by atoms with van der Waals surface area (Å²) < 4.78 is 0. The van der Waals surface area contributed by atoms with E-state index in [0.29, 0.717) is 12.2 Å². The molecular formula is C22H19N3O2. The Labute approximate surface area is 157 Å². The van der Waals surface area contributed by atoms with Crippen molar-refractivity contribution in [3.05, 3.63) is 83.4 Å². The molecule has 3 N–H and O–H groups in total. The fourth-order valence-electron chi connectivity index (χ4n) is 3.27. The van der Waals surface area contributed by atoms with Crippen LogP contribution in [0.5, 0.6) is 0 Å². The number of fused-ring (bicyclic) bond motifs is 1. The topological polar surface area (TPSA) is 70.2 Å². The summed E-state index contributed by atoms with van der Waals surface area (Å²) in [6.07, 6.45) is 0. The molecule has 0 spiro atoms. The Balaban J connectivity index is 1.49. The fourth-order valence-corrected chi connectivity index (χ4v) is 3.27. The molecule has 0 bridgehead atoms. The van der Waals surface area contributed by atoms with Crippen LogP contribution in [0.4, 0.5) is 16.2 Å². The molecule has 0 atom stereocenters. The number of hydrogen-bond acceptors (Lipinski definition) is 2. The number of hydrogen-bond donors (Lipinski definition) is 3. The van der Waals surface area contributed by atoms with Crippen molar-refractivity contribution in [2.45, 2.75) is 13.5 Å². The van der Waals surface area contributed by atoms with Crippen LogP contribution in [-0.4, -0.2) is 11.9 Å². The first kappa shape index (κ1) is 16.8. The zero-order valence-electron chi connectivity index (χ0n) is 14.9. The highest BCUT2D eigenvalue weighted by atomic mass is 16.2. The Hall–Kier alpha value is -3.60. The first-order valence-electron chi connectivity index (χ1n) is 8.75. The molecule has 0 radical (unpaired) electrons. The average Bonchev–Trinajstić information content (AvgIpc) is 3.04. The standard InChI is InChI=1S/C22H19N3O2/c1-14-4-2-6-18(12-14)25-22(27)24-17-10-8-15(9-11-17)19-7-3-5-16-13-23-21(26)20(16)19/h2-12H,13H2,1H3,(H,23,26)(H2,24,25,27). The lowest BCUT2D eigenvalue weighted by atomic mass is 9.96. The molecule has 3 aromatic rings. The van der Waals surface area contributed by atoms with E-state index in [9.17, 15) is 9.59 Å². The van der Waals surface area contributed by atoms with Crippen LogP contribution in [0.2, 0.25) is 0 Å². The summed E-state index contributed by atoms with van der Waals surface area (Å²) >= 11 is 0. The lowest BCUT2D eigenvalue weighted by molar-refractivity contribution is 0.0966. The average molecular weight is 357 g/mol. The molecule has 1 aliphatic heterocycles. The quantitative estimate of drug-likeness (QED) is 0.643. The molecule has 0 aromatic heterocycles. The highest BCUT2D eigenvalue weighted by molar-refractivity contribution is 6.04. The molecule has 0 saturated heterocycles. The van der Waals surface area contributed by atoms with Crippen molar-refractivity contribution in [2.75, 3.05) is 10.6 Å². The van der Waals surface area contributed by atoms with Crippen LogP contribution in [-0.2, 0) is 6.54 Å². The van der Waals surface area contributed by atoms with Crippen molar-refractivity contribution in [1.29, 1.82) is 0 Å². The zero-order valence-corrected chi connectivity index (χ0v) is 14.9. The number of aryl methyl sites for hydroxylation is 1. The Kier molecular flexibility index (Phi) is 4.34. The number of nitrogens with one attached hydrogen (secondary N) is 3. The second-order valence-corrected chi connectivity index (χ2v) is 6.55. The molecule has 0 saturated carbocycles. The lowest BCUT2D eigenvalue weighted by Crippen LogP contribution is -2.19. The first-order valence-corrected chi connectivity index (χ1v) is 8.75. The number of carbonyl (C=O) groups is 2. The predicted molar refractivity (Wildman–Crippen MR) is 107 cm³/mol. The zero-order chi connectivity index (χ0) is 18.8. The van der Waals surface area contributed by atoms with Crippen LogP contribution in [0.25, 0.3) is 11.1 Å². The number of benzene rings is 3. The summed E-state index contributed by atoms with van der Waals surface area (Å²) in [7, 11) is 0. The van der Waals surface area contributed by atoms with Gasteiger partial charge >= 0.3 is 6.03 Å². The minimum Gasteiger partial charge on any atom is -0.348 e. The van der Waals surface area contributed by atoms with Gasteiger partial charge in [-0.05, 0) is 53.4 Å². The molecule has 134 valence electrons. The lowest BCUT2D eigenvalue weighted by Gasteiger charge is -2.10. The Bertz CT molecular complexity index is 1030. The second kappa shape index (κ2) is 6.96. The molecule has 1 heterocycles. The molecule has 0 fully saturated rings. The highest BCUT2D eigenvalue weighted by Gasteiger charge is 2.22. The van der Waals surface area contributed by atoms with E-state index >= 15 is 0 Å². The number of amides is 3. The molecule has 1 aliphatic rings. The predicted octanol–water partition coefficient (Wildman–Crippen LogP) is 4.55. The van der Waals surface area contributed by atoms with Crippen LogP contribution in [0.1, 0.15) is 21.5 Å². The number of rotatable bonds is 3. The Morgan fingerprint density at radius 1 is 0.926 bits per heavy atom. The maximum atomic E-state index is 12.2. The molecular weight excluding hydrogens is 338 g/mol. The van der Waals surface area contributed by atoms with Gasteiger partial charge in [-0.15, -0.1) is 0 Å². The van der Waals surface area contributed by atoms with Crippen molar-refractivity contribution in [2.24, 2.45) is 0 Å². The van der Waals surface area contributed by atoms with Gasteiger partial charge in [0.15, 0.2) is 0 Å². The van der Waals surface area contributed by atoms with Gasteiger partial charge in [-0.3, -0.25) is 4.79 Å². The van der Waals surface area contributed by atoms with Crippen molar-refractivity contribution < 1.29 is 9.59 Å². The summed E-state index contributed by atoms with van der Waals surface area (Å²) in [5, 5.41) is 8.49. The Morgan fingerprint density at radius 2 is 1.67 bits per heavy atom. The van der Waals surface area contributed by atoms with Gasteiger partial charge in [-0.2, -0.15) is 0 Å². The van der Waals surface area contributed by atoms with Gasteiger partial charge < -0.3 is 16.0 Å². The third-order valence-corrected chi connectivity index (χ3v) is 4.55. The van der Waals surface area contributed by atoms with Gasteiger partial charge in [-0.25, -0.2) is 4.79 Å². The monoisotopic (exact) mass is 357 g/mol. The van der Waals surface area contributed by atoms with E-state index in [4.69, 9.17) is 0 Å². The third kappa shape index (κ3) is 3.53. The molecule has 0 unspecified atom stereocenters. The van der Waals surface area contributed by atoms with Crippen LogP contribution in [0.15, 0.2) is 66.7 Å². The van der Waals surface area contributed by atoms with E-state index in [1.807, 2.05) is 73.7 Å². The maximum Gasteiger partial charge on any atom is 0.323 e. The van der Waals surface area contributed by atoms with Gasteiger partial charge in [-0.1, -0.05) is 42.5 Å².